The normalized spacial score (nSPS) is 29.4. The second-order valence-electron chi connectivity index (χ2n) is 5.91. The lowest BCUT2D eigenvalue weighted by Gasteiger charge is -2.52. The topological polar surface area (TPSA) is 66.6 Å². The third-order valence-electron chi connectivity index (χ3n) is 4.81. The Morgan fingerprint density at radius 3 is 2.50 bits per heavy atom. The van der Waals surface area contributed by atoms with E-state index in [1.807, 2.05) is 0 Å². The Kier molecular flexibility index (Phi) is 5.40. The van der Waals surface area contributed by atoms with Gasteiger partial charge in [0.1, 0.15) is 5.37 Å². The molecule has 2 N–H and O–H groups in total. The van der Waals surface area contributed by atoms with E-state index in [1.54, 1.807) is 18.7 Å². The predicted octanol–water partition coefficient (Wildman–Crippen LogP) is 0.219. The van der Waals surface area contributed by atoms with Crippen LogP contribution in [-0.4, -0.2) is 79.6 Å². The maximum atomic E-state index is 12.4. The van der Waals surface area contributed by atoms with E-state index in [0.29, 0.717) is 12.3 Å². The molecule has 0 aromatic heterocycles. The van der Waals surface area contributed by atoms with Crippen LogP contribution >= 0.6 is 11.8 Å². The Labute approximate surface area is 127 Å². The molecule has 0 spiro atoms. The van der Waals surface area contributed by atoms with Crippen LogP contribution in [0.25, 0.3) is 0 Å². The van der Waals surface area contributed by atoms with Gasteiger partial charge < -0.3 is 10.6 Å². The van der Waals surface area contributed by atoms with E-state index in [2.05, 4.69) is 16.8 Å². The molecule has 5 nitrogen and oxygen atoms in total. The molecule has 2 fully saturated rings. The summed E-state index contributed by atoms with van der Waals surface area (Å²) in [6, 6.07) is 0. The Hall–Kier alpha value is 0.180. The first kappa shape index (κ1) is 16.5. The van der Waals surface area contributed by atoms with Gasteiger partial charge in [-0.1, -0.05) is 6.92 Å². The lowest BCUT2D eigenvalue weighted by atomic mass is 9.85. The zero-order valence-corrected chi connectivity index (χ0v) is 14.2. The Morgan fingerprint density at radius 1 is 1.30 bits per heavy atom. The molecule has 118 valence electrons. The van der Waals surface area contributed by atoms with Crippen LogP contribution in [0.15, 0.2) is 0 Å². The molecule has 0 aromatic rings. The van der Waals surface area contributed by atoms with E-state index >= 15 is 0 Å². The maximum Gasteiger partial charge on any atom is 0.166 e. The Bertz CT molecular complexity index is 419. The maximum absolute atomic E-state index is 12.4. The quantitative estimate of drug-likeness (QED) is 0.799. The second-order valence-corrected chi connectivity index (χ2v) is 9.50. The van der Waals surface area contributed by atoms with E-state index in [9.17, 15) is 8.42 Å². The minimum atomic E-state index is -3.05. The van der Waals surface area contributed by atoms with Crippen LogP contribution in [0, 0.1) is 0 Å². The van der Waals surface area contributed by atoms with Gasteiger partial charge in [-0.3, -0.25) is 4.90 Å². The van der Waals surface area contributed by atoms with Crippen molar-refractivity contribution in [2.75, 3.05) is 50.5 Å². The summed E-state index contributed by atoms with van der Waals surface area (Å²) >= 11 is 1.75. The predicted molar refractivity (Wildman–Crippen MR) is 85.8 cm³/mol. The zero-order chi connectivity index (χ0) is 14.8. The molecule has 0 aromatic carbocycles. The zero-order valence-electron chi connectivity index (χ0n) is 12.5. The van der Waals surface area contributed by atoms with E-state index in [1.165, 1.54) is 0 Å². The van der Waals surface area contributed by atoms with Crippen molar-refractivity contribution in [2.45, 2.75) is 30.7 Å². The lowest BCUT2D eigenvalue weighted by molar-refractivity contribution is 0.0305. The smallest absolute Gasteiger partial charge is 0.166 e. The number of hydrogen-bond acceptors (Lipinski definition) is 6. The minimum absolute atomic E-state index is 0.125. The standard InChI is InChI=1S/C13H27N3O2S2/c1-3-20(17,18)12-10-19-9-8-16(12)13(11-14)4-6-15(2)7-5-13/h12H,3-11,14H2,1-2H3. The number of thioether (sulfide) groups is 1. The van der Waals surface area contributed by atoms with Crippen molar-refractivity contribution in [2.24, 2.45) is 5.73 Å². The molecule has 1 atom stereocenters. The summed E-state index contributed by atoms with van der Waals surface area (Å²) in [5, 5.41) is -0.349. The van der Waals surface area contributed by atoms with Crippen molar-refractivity contribution in [3.05, 3.63) is 0 Å². The lowest BCUT2D eigenvalue weighted by Crippen LogP contribution is -2.65. The van der Waals surface area contributed by atoms with Crippen LogP contribution in [0.3, 0.4) is 0 Å². The van der Waals surface area contributed by atoms with E-state index in [-0.39, 0.29) is 16.7 Å². The van der Waals surface area contributed by atoms with Gasteiger partial charge in [-0.25, -0.2) is 8.42 Å². The van der Waals surface area contributed by atoms with Gasteiger partial charge in [0.2, 0.25) is 0 Å². The second kappa shape index (κ2) is 6.52. The highest BCUT2D eigenvalue weighted by molar-refractivity contribution is 8.01. The Balaban J connectivity index is 2.26. The summed E-state index contributed by atoms with van der Waals surface area (Å²) in [6.07, 6.45) is 1.95. The number of hydrogen-bond donors (Lipinski definition) is 1. The largest absolute Gasteiger partial charge is 0.329 e. The van der Waals surface area contributed by atoms with Crippen molar-refractivity contribution in [1.29, 1.82) is 0 Å². The number of nitrogens with zero attached hydrogens (tertiary/aromatic N) is 2. The van der Waals surface area contributed by atoms with Gasteiger partial charge in [0.25, 0.3) is 0 Å². The molecule has 2 heterocycles. The highest BCUT2D eigenvalue weighted by atomic mass is 32.2. The summed E-state index contributed by atoms with van der Waals surface area (Å²) in [4.78, 5) is 4.53. The molecule has 0 amide bonds. The SMILES string of the molecule is CCS(=O)(=O)C1CSCCN1C1(CN)CCN(C)CC1. The van der Waals surface area contributed by atoms with Gasteiger partial charge in [-0.05, 0) is 33.0 Å². The van der Waals surface area contributed by atoms with Gasteiger partial charge in [0.15, 0.2) is 9.84 Å². The highest BCUT2D eigenvalue weighted by Gasteiger charge is 2.46. The molecular weight excluding hydrogens is 294 g/mol. The van der Waals surface area contributed by atoms with Gasteiger partial charge in [-0.15, -0.1) is 0 Å². The van der Waals surface area contributed by atoms with Crippen molar-refractivity contribution in [1.82, 2.24) is 9.80 Å². The molecular formula is C13H27N3O2S2. The van der Waals surface area contributed by atoms with Crippen molar-refractivity contribution >= 4 is 21.6 Å². The third-order valence-corrected chi connectivity index (χ3v) is 8.10. The molecule has 20 heavy (non-hydrogen) atoms. The van der Waals surface area contributed by atoms with Crippen molar-refractivity contribution in [3.63, 3.8) is 0 Å². The van der Waals surface area contributed by atoms with Crippen molar-refractivity contribution < 1.29 is 8.42 Å². The summed E-state index contributed by atoms with van der Waals surface area (Å²) in [5.74, 6) is 1.91. The van der Waals surface area contributed by atoms with Gasteiger partial charge in [0, 0.05) is 35.9 Å². The van der Waals surface area contributed by atoms with Gasteiger partial charge in [0.05, 0.1) is 0 Å². The first-order chi connectivity index (χ1) is 9.45. The first-order valence-corrected chi connectivity index (χ1v) is 10.3. The average Bonchev–Trinajstić information content (AvgIpc) is 2.48. The summed E-state index contributed by atoms with van der Waals surface area (Å²) in [5.41, 5.74) is 5.98. The van der Waals surface area contributed by atoms with Crippen molar-refractivity contribution in [3.8, 4) is 0 Å². The van der Waals surface area contributed by atoms with E-state index in [0.717, 1.165) is 38.2 Å². The molecule has 0 bridgehead atoms. The molecule has 2 aliphatic heterocycles. The number of sulfone groups is 1. The van der Waals surface area contributed by atoms with Crippen LogP contribution in [0.1, 0.15) is 19.8 Å². The molecule has 2 rings (SSSR count). The fraction of sp³-hybridized carbons (Fsp3) is 1.00. The minimum Gasteiger partial charge on any atom is -0.329 e. The molecule has 1 unspecified atom stereocenters. The monoisotopic (exact) mass is 321 g/mol. The van der Waals surface area contributed by atoms with Gasteiger partial charge in [-0.2, -0.15) is 11.8 Å². The summed E-state index contributed by atoms with van der Waals surface area (Å²) in [6.45, 7) is 5.15. The molecule has 2 aliphatic rings. The van der Waals surface area contributed by atoms with Crippen LogP contribution in [-0.2, 0) is 9.84 Å². The van der Waals surface area contributed by atoms with Crippen LogP contribution in [0.2, 0.25) is 0 Å². The first-order valence-electron chi connectivity index (χ1n) is 7.40. The number of rotatable bonds is 4. The molecule has 0 aliphatic carbocycles. The summed E-state index contributed by atoms with van der Waals surface area (Å²) in [7, 11) is -0.928. The number of piperidine rings is 1. The number of likely N-dealkylation sites (tertiary alicyclic amines) is 1. The fourth-order valence-corrected chi connectivity index (χ4v) is 6.35. The molecule has 2 saturated heterocycles. The Morgan fingerprint density at radius 2 is 1.95 bits per heavy atom. The summed E-state index contributed by atoms with van der Waals surface area (Å²) < 4.78 is 24.8. The molecule has 7 heteroatoms. The average molecular weight is 322 g/mol. The third kappa shape index (κ3) is 3.16. The van der Waals surface area contributed by atoms with Crippen LogP contribution in [0.4, 0.5) is 0 Å². The van der Waals surface area contributed by atoms with E-state index < -0.39 is 9.84 Å². The van der Waals surface area contributed by atoms with Crippen LogP contribution in [0.5, 0.6) is 0 Å². The molecule has 0 radical (unpaired) electrons. The fourth-order valence-electron chi connectivity index (χ4n) is 3.26. The van der Waals surface area contributed by atoms with E-state index in [4.69, 9.17) is 5.73 Å². The highest BCUT2D eigenvalue weighted by Crippen LogP contribution is 2.34. The molecule has 0 saturated carbocycles. The number of nitrogens with two attached hydrogens (primary N) is 1. The van der Waals surface area contributed by atoms with Crippen LogP contribution < -0.4 is 5.73 Å². The van der Waals surface area contributed by atoms with Gasteiger partial charge >= 0.3 is 0 Å².